The second kappa shape index (κ2) is 7.76. The number of hydrogen-bond donors (Lipinski definition) is 1. The van der Waals surface area contributed by atoms with Crippen molar-refractivity contribution in [3.05, 3.63) is 70.5 Å². The van der Waals surface area contributed by atoms with Gasteiger partial charge in [-0.05, 0) is 42.7 Å². The molecule has 2 aromatic rings. The number of halogens is 1. The summed E-state index contributed by atoms with van der Waals surface area (Å²) in [5.74, 6) is -1.35. The minimum atomic E-state index is -0.639. The third kappa shape index (κ3) is 3.31. The summed E-state index contributed by atoms with van der Waals surface area (Å²) in [4.78, 5) is 31.6. The molecule has 1 amide bonds. The maximum atomic E-state index is 13.0. The molecule has 1 saturated heterocycles. The van der Waals surface area contributed by atoms with Gasteiger partial charge >= 0.3 is 0 Å². The lowest BCUT2D eigenvalue weighted by molar-refractivity contribution is -0.141. The van der Waals surface area contributed by atoms with E-state index in [4.69, 9.17) is 11.6 Å². The maximum absolute atomic E-state index is 13.0. The zero-order valence-electron chi connectivity index (χ0n) is 15.3. The van der Waals surface area contributed by atoms with Gasteiger partial charge in [-0.1, -0.05) is 43.0 Å². The number of pyridine rings is 1. The molecule has 0 bridgehead atoms. The molecule has 1 unspecified atom stereocenters. The minimum absolute atomic E-state index is 0.00591. The first-order chi connectivity index (χ1) is 13.6. The lowest BCUT2D eigenvalue weighted by Gasteiger charge is -2.35. The number of aliphatic hydroxyl groups is 1. The molecular weight excluding hydrogens is 376 g/mol. The Kier molecular flexibility index (Phi) is 5.18. The van der Waals surface area contributed by atoms with Crippen molar-refractivity contribution in [2.24, 2.45) is 0 Å². The summed E-state index contributed by atoms with van der Waals surface area (Å²) in [5.41, 5.74) is 1.37. The van der Waals surface area contributed by atoms with E-state index in [9.17, 15) is 14.7 Å². The Labute approximate surface area is 168 Å². The molecule has 2 heterocycles. The molecule has 2 aliphatic rings. The average Bonchev–Trinajstić information content (AvgIpc) is 3.00. The SMILES string of the molecule is O=C1C(=O)N(C2CCCCC2)C(c2ccc(Cl)cc2)/C1=C(/O)c1ccncc1. The first-order valence-electron chi connectivity index (χ1n) is 9.54. The van der Waals surface area contributed by atoms with Crippen LogP contribution in [-0.2, 0) is 9.59 Å². The molecule has 1 saturated carbocycles. The fraction of sp³-hybridized carbons (Fsp3) is 0.318. The summed E-state index contributed by atoms with van der Waals surface area (Å²) < 4.78 is 0. The van der Waals surface area contributed by atoms with E-state index >= 15 is 0 Å². The number of benzene rings is 1. The zero-order valence-corrected chi connectivity index (χ0v) is 16.1. The summed E-state index contributed by atoms with van der Waals surface area (Å²) in [6, 6.07) is 9.74. The standard InChI is InChI=1S/C22H21ClN2O3/c23-16-8-6-14(7-9-16)19-18(20(26)15-10-12-24-13-11-15)21(27)22(28)25(19)17-4-2-1-3-5-17/h6-13,17,19,26H,1-5H2/b20-18-. The number of carbonyl (C=O) groups excluding carboxylic acids is 2. The monoisotopic (exact) mass is 396 g/mol. The van der Waals surface area contributed by atoms with Crippen LogP contribution >= 0.6 is 11.6 Å². The summed E-state index contributed by atoms with van der Waals surface area (Å²) in [7, 11) is 0. The van der Waals surface area contributed by atoms with Crippen LogP contribution in [0.4, 0.5) is 0 Å². The summed E-state index contributed by atoms with van der Waals surface area (Å²) >= 11 is 6.04. The summed E-state index contributed by atoms with van der Waals surface area (Å²) in [6.45, 7) is 0. The van der Waals surface area contributed by atoms with Gasteiger partial charge in [0.25, 0.3) is 11.7 Å². The molecule has 1 atom stereocenters. The highest BCUT2D eigenvalue weighted by atomic mass is 35.5. The molecule has 4 rings (SSSR count). The molecule has 1 aromatic carbocycles. The maximum Gasteiger partial charge on any atom is 0.295 e. The van der Waals surface area contributed by atoms with E-state index in [1.54, 1.807) is 41.6 Å². The lowest BCUT2D eigenvalue weighted by atomic mass is 9.91. The normalized spacial score (nSPS) is 22.6. The van der Waals surface area contributed by atoms with E-state index in [-0.39, 0.29) is 17.4 Å². The topological polar surface area (TPSA) is 70.5 Å². The third-order valence-electron chi connectivity index (χ3n) is 5.59. The molecule has 1 N–H and O–H groups in total. The molecule has 144 valence electrons. The molecule has 2 fully saturated rings. The highest BCUT2D eigenvalue weighted by molar-refractivity contribution is 6.46. The predicted molar refractivity (Wildman–Crippen MR) is 107 cm³/mol. The van der Waals surface area contributed by atoms with Crippen LogP contribution in [-0.4, -0.2) is 32.7 Å². The molecule has 0 spiro atoms. The van der Waals surface area contributed by atoms with Crippen LogP contribution < -0.4 is 0 Å². The number of likely N-dealkylation sites (tertiary alicyclic amines) is 1. The van der Waals surface area contributed by atoms with Gasteiger partial charge in [0.2, 0.25) is 0 Å². The molecule has 1 aromatic heterocycles. The van der Waals surface area contributed by atoms with Crippen molar-refractivity contribution in [2.75, 3.05) is 0 Å². The van der Waals surface area contributed by atoms with E-state index in [1.165, 1.54) is 0 Å². The number of aromatic nitrogens is 1. The van der Waals surface area contributed by atoms with Gasteiger partial charge in [-0.25, -0.2) is 0 Å². The van der Waals surface area contributed by atoms with Gasteiger partial charge in [-0.15, -0.1) is 0 Å². The Bertz CT molecular complexity index is 919. The number of nitrogens with zero attached hydrogens (tertiary/aromatic N) is 2. The van der Waals surface area contributed by atoms with Crippen molar-refractivity contribution in [2.45, 2.75) is 44.2 Å². The highest BCUT2D eigenvalue weighted by Gasteiger charge is 2.48. The smallest absolute Gasteiger partial charge is 0.295 e. The van der Waals surface area contributed by atoms with E-state index in [1.807, 2.05) is 12.1 Å². The van der Waals surface area contributed by atoms with E-state index < -0.39 is 17.7 Å². The number of carbonyl (C=O) groups is 2. The van der Waals surface area contributed by atoms with Gasteiger partial charge in [-0.3, -0.25) is 14.6 Å². The second-order valence-corrected chi connectivity index (χ2v) is 7.72. The molecule has 5 nitrogen and oxygen atoms in total. The van der Waals surface area contributed by atoms with E-state index in [0.717, 1.165) is 37.7 Å². The molecule has 6 heteroatoms. The Morgan fingerprint density at radius 2 is 1.64 bits per heavy atom. The first kappa shape index (κ1) is 18.7. The lowest BCUT2D eigenvalue weighted by Crippen LogP contribution is -2.40. The Hall–Kier alpha value is -2.66. The van der Waals surface area contributed by atoms with Crippen LogP contribution in [0.15, 0.2) is 54.4 Å². The number of Topliss-reactive ketones (excluding diaryl/α,β-unsaturated/α-hetero) is 1. The van der Waals surface area contributed by atoms with Crippen LogP contribution in [0.3, 0.4) is 0 Å². The quantitative estimate of drug-likeness (QED) is 0.471. The fourth-order valence-corrected chi connectivity index (χ4v) is 4.35. The molecular formula is C22H21ClN2O3. The Morgan fingerprint density at radius 1 is 1.00 bits per heavy atom. The van der Waals surface area contributed by atoms with Gasteiger partial charge in [0.1, 0.15) is 5.76 Å². The number of aliphatic hydroxyl groups excluding tert-OH is 1. The highest BCUT2D eigenvalue weighted by Crippen LogP contribution is 2.43. The zero-order chi connectivity index (χ0) is 19.7. The molecule has 1 aliphatic carbocycles. The predicted octanol–water partition coefficient (Wildman–Crippen LogP) is 4.49. The van der Waals surface area contributed by atoms with Gasteiger partial charge in [0.15, 0.2) is 0 Å². The Morgan fingerprint density at radius 3 is 2.29 bits per heavy atom. The minimum Gasteiger partial charge on any atom is -0.507 e. The van der Waals surface area contributed by atoms with Crippen LogP contribution in [0, 0.1) is 0 Å². The average molecular weight is 397 g/mol. The second-order valence-electron chi connectivity index (χ2n) is 7.29. The molecule has 28 heavy (non-hydrogen) atoms. The van der Waals surface area contributed by atoms with Crippen LogP contribution in [0.5, 0.6) is 0 Å². The van der Waals surface area contributed by atoms with Crippen molar-refractivity contribution in [3.8, 4) is 0 Å². The van der Waals surface area contributed by atoms with E-state index in [0.29, 0.717) is 10.6 Å². The van der Waals surface area contributed by atoms with Crippen molar-refractivity contribution in [1.82, 2.24) is 9.88 Å². The Balaban J connectivity index is 1.86. The number of amides is 1. The van der Waals surface area contributed by atoms with Crippen molar-refractivity contribution >= 4 is 29.1 Å². The molecule has 1 aliphatic heterocycles. The van der Waals surface area contributed by atoms with Crippen molar-refractivity contribution in [1.29, 1.82) is 0 Å². The first-order valence-corrected chi connectivity index (χ1v) is 9.91. The van der Waals surface area contributed by atoms with Crippen molar-refractivity contribution < 1.29 is 14.7 Å². The van der Waals surface area contributed by atoms with Crippen LogP contribution in [0.1, 0.15) is 49.3 Å². The number of rotatable bonds is 3. The van der Waals surface area contributed by atoms with Gasteiger partial charge in [0.05, 0.1) is 11.6 Å². The largest absolute Gasteiger partial charge is 0.507 e. The van der Waals surface area contributed by atoms with Crippen LogP contribution in [0.2, 0.25) is 5.02 Å². The number of hydrogen-bond acceptors (Lipinski definition) is 4. The fourth-order valence-electron chi connectivity index (χ4n) is 4.22. The van der Waals surface area contributed by atoms with Gasteiger partial charge < -0.3 is 10.0 Å². The number of ketones is 1. The van der Waals surface area contributed by atoms with Crippen LogP contribution in [0.25, 0.3) is 5.76 Å². The summed E-state index contributed by atoms with van der Waals surface area (Å²) in [5, 5.41) is 11.5. The van der Waals surface area contributed by atoms with Gasteiger partial charge in [-0.2, -0.15) is 0 Å². The van der Waals surface area contributed by atoms with E-state index in [2.05, 4.69) is 4.98 Å². The summed E-state index contributed by atoms with van der Waals surface area (Å²) in [6.07, 6.45) is 8.03. The third-order valence-corrected chi connectivity index (χ3v) is 5.84. The van der Waals surface area contributed by atoms with Crippen molar-refractivity contribution in [3.63, 3.8) is 0 Å². The van der Waals surface area contributed by atoms with Gasteiger partial charge in [0, 0.05) is 29.0 Å². The molecule has 0 radical (unpaired) electrons.